The highest BCUT2D eigenvalue weighted by Crippen LogP contribution is 2.18. The van der Waals surface area contributed by atoms with Gasteiger partial charge in [0.25, 0.3) is 0 Å². The van der Waals surface area contributed by atoms with Crippen LogP contribution in [0.25, 0.3) is 0 Å². The van der Waals surface area contributed by atoms with Crippen LogP contribution >= 0.6 is 0 Å². The predicted octanol–water partition coefficient (Wildman–Crippen LogP) is 2.15. The summed E-state index contributed by atoms with van der Waals surface area (Å²) in [7, 11) is 0. The third kappa shape index (κ3) is 1.51. The maximum Gasteiger partial charge on any atom is 0.131 e. The molecular formula is C9H9F2N. The molecule has 0 aliphatic heterocycles. The van der Waals surface area contributed by atoms with Crippen molar-refractivity contribution in [1.82, 2.24) is 0 Å². The molecule has 0 fully saturated rings. The summed E-state index contributed by atoms with van der Waals surface area (Å²) in [6, 6.07) is 2.85. The van der Waals surface area contributed by atoms with Gasteiger partial charge in [-0.3, -0.25) is 0 Å². The first-order chi connectivity index (χ1) is 5.66. The molecule has 0 radical (unpaired) electrons. The van der Waals surface area contributed by atoms with Crippen molar-refractivity contribution in [2.24, 2.45) is 5.73 Å². The second kappa shape index (κ2) is 3.45. The van der Waals surface area contributed by atoms with Gasteiger partial charge in [-0.05, 0) is 12.1 Å². The smallest absolute Gasteiger partial charge is 0.131 e. The van der Waals surface area contributed by atoms with Crippen LogP contribution < -0.4 is 5.73 Å². The van der Waals surface area contributed by atoms with E-state index >= 15 is 0 Å². The first kappa shape index (κ1) is 8.87. The lowest BCUT2D eigenvalue weighted by Gasteiger charge is -2.08. The Morgan fingerprint density at radius 1 is 1.33 bits per heavy atom. The molecular weight excluding hydrogens is 160 g/mol. The molecule has 0 saturated heterocycles. The van der Waals surface area contributed by atoms with Crippen molar-refractivity contribution in [2.45, 2.75) is 6.04 Å². The van der Waals surface area contributed by atoms with Gasteiger partial charge in [-0.2, -0.15) is 0 Å². The number of rotatable bonds is 2. The lowest BCUT2D eigenvalue weighted by Crippen LogP contribution is -2.10. The van der Waals surface area contributed by atoms with Crippen molar-refractivity contribution in [1.29, 1.82) is 0 Å². The fourth-order valence-corrected chi connectivity index (χ4v) is 0.947. The van der Waals surface area contributed by atoms with E-state index in [1.54, 1.807) is 0 Å². The zero-order chi connectivity index (χ0) is 9.14. The van der Waals surface area contributed by atoms with Crippen molar-refractivity contribution in [3.63, 3.8) is 0 Å². The van der Waals surface area contributed by atoms with Crippen molar-refractivity contribution >= 4 is 0 Å². The van der Waals surface area contributed by atoms with Gasteiger partial charge < -0.3 is 5.73 Å². The van der Waals surface area contributed by atoms with E-state index in [9.17, 15) is 8.78 Å². The molecule has 0 spiro atoms. The molecule has 1 atom stereocenters. The molecule has 1 nitrogen and oxygen atoms in total. The SMILES string of the molecule is C=C[C@H](N)c1c(F)cccc1F. The van der Waals surface area contributed by atoms with Gasteiger partial charge in [-0.15, -0.1) is 6.58 Å². The average molecular weight is 169 g/mol. The molecule has 1 aromatic rings. The summed E-state index contributed by atoms with van der Waals surface area (Å²) in [4.78, 5) is 0. The second-order valence-corrected chi connectivity index (χ2v) is 2.40. The molecule has 0 heterocycles. The second-order valence-electron chi connectivity index (χ2n) is 2.40. The fourth-order valence-electron chi connectivity index (χ4n) is 0.947. The van der Waals surface area contributed by atoms with Crippen LogP contribution in [0.2, 0.25) is 0 Å². The van der Waals surface area contributed by atoms with E-state index in [4.69, 9.17) is 5.73 Å². The van der Waals surface area contributed by atoms with Crippen LogP contribution in [0.1, 0.15) is 11.6 Å². The number of nitrogens with two attached hydrogens (primary N) is 1. The molecule has 0 unspecified atom stereocenters. The molecule has 0 aliphatic carbocycles. The van der Waals surface area contributed by atoms with Crippen molar-refractivity contribution in [2.75, 3.05) is 0 Å². The fraction of sp³-hybridized carbons (Fsp3) is 0.111. The van der Waals surface area contributed by atoms with Gasteiger partial charge in [0.15, 0.2) is 0 Å². The van der Waals surface area contributed by atoms with Gasteiger partial charge >= 0.3 is 0 Å². The number of hydrogen-bond donors (Lipinski definition) is 1. The van der Waals surface area contributed by atoms with Crippen LogP contribution in [0.15, 0.2) is 30.9 Å². The first-order valence-electron chi connectivity index (χ1n) is 3.49. The van der Waals surface area contributed by atoms with Gasteiger partial charge in [0, 0.05) is 5.56 Å². The highest BCUT2D eigenvalue weighted by atomic mass is 19.1. The topological polar surface area (TPSA) is 26.0 Å². The molecule has 1 aromatic carbocycles. The molecule has 2 N–H and O–H groups in total. The van der Waals surface area contributed by atoms with Crippen LogP contribution in [-0.4, -0.2) is 0 Å². The van der Waals surface area contributed by atoms with Crippen LogP contribution in [0.3, 0.4) is 0 Å². The lowest BCUT2D eigenvalue weighted by atomic mass is 10.1. The summed E-state index contributed by atoms with van der Waals surface area (Å²) in [5.74, 6) is -1.27. The quantitative estimate of drug-likeness (QED) is 0.674. The van der Waals surface area contributed by atoms with Crippen LogP contribution in [-0.2, 0) is 0 Å². The summed E-state index contributed by atoms with van der Waals surface area (Å²) in [6.07, 6.45) is 1.29. The molecule has 0 bridgehead atoms. The first-order valence-corrected chi connectivity index (χ1v) is 3.49. The lowest BCUT2D eigenvalue weighted by molar-refractivity contribution is 0.546. The van der Waals surface area contributed by atoms with Gasteiger partial charge in [0.1, 0.15) is 11.6 Å². The Labute approximate surface area is 69.5 Å². The average Bonchev–Trinajstić information content (AvgIpc) is 2.03. The predicted molar refractivity (Wildman–Crippen MR) is 43.5 cm³/mol. The third-order valence-electron chi connectivity index (χ3n) is 1.59. The zero-order valence-corrected chi connectivity index (χ0v) is 6.43. The van der Waals surface area contributed by atoms with E-state index in [-0.39, 0.29) is 5.56 Å². The zero-order valence-electron chi connectivity index (χ0n) is 6.43. The summed E-state index contributed by atoms with van der Waals surface area (Å²) in [5.41, 5.74) is 5.27. The highest BCUT2D eigenvalue weighted by Gasteiger charge is 2.12. The Balaban J connectivity index is 3.20. The largest absolute Gasteiger partial charge is 0.321 e. The van der Waals surface area contributed by atoms with E-state index in [1.807, 2.05) is 0 Å². The van der Waals surface area contributed by atoms with E-state index in [0.29, 0.717) is 0 Å². The molecule has 3 heteroatoms. The molecule has 0 aromatic heterocycles. The minimum absolute atomic E-state index is 0.132. The number of benzene rings is 1. The van der Waals surface area contributed by atoms with Crippen molar-refractivity contribution in [3.8, 4) is 0 Å². The highest BCUT2D eigenvalue weighted by molar-refractivity contribution is 5.25. The summed E-state index contributed by atoms with van der Waals surface area (Å²) in [6.45, 7) is 3.36. The van der Waals surface area contributed by atoms with Gasteiger partial charge in [0.05, 0.1) is 6.04 Å². The minimum Gasteiger partial charge on any atom is -0.321 e. The standard InChI is InChI=1S/C9H9F2N/c1-2-8(12)9-6(10)4-3-5-7(9)11/h2-5,8H,1,12H2/t8-/m0/s1. The maximum absolute atomic E-state index is 12.9. The van der Waals surface area contributed by atoms with E-state index in [0.717, 1.165) is 0 Å². The van der Waals surface area contributed by atoms with Crippen LogP contribution in [0.4, 0.5) is 8.78 Å². The Hall–Kier alpha value is -1.22. The van der Waals surface area contributed by atoms with Gasteiger partial charge in [-0.25, -0.2) is 8.78 Å². The Morgan fingerprint density at radius 3 is 2.25 bits per heavy atom. The van der Waals surface area contributed by atoms with Crippen molar-refractivity contribution in [3.05, 3.63) is 48.1 Å². The molecule has 64 valence electrons. The van der Waals surface area contributed by atoms with E-state index < -0.39 is 17.7 Å². The Bertz CT molecular complexity index is 276. The van der Waals surface area contributed by atoms with E-state index in [1.165, 1.54) is 24.3 Å². The van der Waals surface area contributed by atoms with E-state index in [2.05, 4.69) is 6.58 Å². The van der Waals surface area contributed by atoms with Crippen LogP contribution in [0.5, 0.6) is 0 Å². The third-order valence-corrected chi connectivity index (χ3v) is 1.59. The number of halogens is 2. The minimum atomic E-state index is -0.786. The Morgan fingerprint density at radius 2 is 1.83 bits per heavy atom. The van der Waals surface area contributed by atoms with Crippen LogP contribution in [0, 0.1) is 11.6 Å². The monoisotopic (exact) mass is 169 g/mol. The molecule has 0 amide bonds. The molecule has 12 heavy (non-hydrogen) atoms. The number of hydrogen-bond acceptors (Lipinski definition) is 1. The summed E-state index contributed by atoms with van der Waals surface area (Å²) in [5, 5.41) is 0. The normalized spacial score (nSPS) is 12.6. The summed E-state index contributed by atoms with van der Waals surface area (Å²) >= 11 is 0. The molecule has 0 saturated carbocycles. The molecule has 0 aliphatic rings. The van der Waals surface area contributed by atoms with Gasteiger partial charge in [-0.1, -0.05) is 12.1 Å². The molecule has 1 rings (SSSR count). The summed E-state index contributed by atoms with van der Waals surface area (Å²) < 4.78 is 25.8. The Kier molecular flexibility index (Phi) is 2.55. The maximum atomic E-state index is 12.9. The van der Waals surface area contributed by atoms with Gasteiger partial charge in [0.2, 0.25) is 0 Å². The van der Waals surface area contributed by atoms with Crippen molar-refractivity contribution < 1.29 is 8.78 Å².